The van der Waals surface area contributed by atoms with Gasteiger partial charge in [-0.15, -0.1) is 0 Å². The summed E-state index contributed by atoms with van der Waals surface area (Å²) < 4.78 is 1.12. The van der Waals surface area contributed by atoms with E-state index in [4.69, 9.17) is 0 Å². The van der Waals surface area contributed by atoms with Crippen molar-refractivity contribution >= 4 is 33.3 Å². The molecule has 0 atom stereocenters. The van der Waals surface area contributed by atoms with Gasteiger partial charge in [-0.05, 0) is 61.4 Å². The molecule has 0 aliphatic carbocycles. The fourth-order valence-electron chi connectivity index (χ4n) is 2.48. The standard InChI is InChI=1S/C18H18BrNS/c1-13-2-7-18(21-16-5-3-15(19)4-6-16)17(12-13)14-8-10-20-11-9-14/h2-8,12,20H,9-11H2,1H3. The molecule has 0 fully saturated rings. The van der Waals surface area contributed by atoms with Crippen LogP contribution in [-0.4, -0.2) is 13.1 Å². The molecule has 1 aliphatic rings. The van der Waals surface area contributed by atoms with Gasteiger partial charge in [0.25, 0.3) is 0 Å². The van der Waals surface area contributed by atoms with E-state index in [1.807, 2.05) is 11.8 Å². The average Bonchev–Trinajstić information content (AvgIpc) is 2.52. The molecule has 0 saturated carbocycles. The monoisotopic (exact) mass is 359 g/mol. The minimum Gasteiger partial charge on any atom is -0.313 e. The van der Waals surface area contributed by atoms with Crippen LogP contribution in [0, 0.1) is 6.92 Å². The molecule has 1 heterocycles. The Balaban J connectivity index is 1.94. The van der Waals surface area contributed by atoms with Crippen LogP contribution in [0.4, 0.5) is 0 Å². The van der Waals surface area contributed by atoms with E-state index in [0.29, 0.717) is 0 Å². The minimum absolute atomic E-state index is 0.978. The molecule has 3 rings (SSSR count). The van der Waals surface area contributed by atoms with E-state index in [-0.39, 0.29) is 0 Å². The second-order valence-electron chi connectivity index (χ2n) is 5.24. The number of hydrogen-bond donors (Lipinski definition) is 1. The molecule has 0 aromatic heterocycles. The molecule has 0 radical (unpaired) electrons. The Morgan fingerprint density at radius 1 is 1.10 bits per heavy atom. The lowest BCUT2D eigenvalue weighted by Gasteiger charge is -2.18. The SMILES string of the molecule is Cc1ccc(Sc2ccc(Br)cc2)c(C2=CCNCC2)c1. The van der Waals surface area contributed by atoms with E-state index in [1.165, 1.54) is 26.5 Å². The zero-order chi connectivity index (χ0) is 14.7. The fourth-order valence-corrected chi connectivity index (χ4v) is 3.71. The van der Waals surface area contributed by atoms with Gasteiger partial charge >= 0.3 is 0 Å². The van der Waals surface area contributed by atoms with Crippen molar-refractivity contribution in [1.29, 1.82) is 0 Å². The van der Waals surface area contributed by atoms with Crippen LogP contribution in [-0.2, 0) is 0 Å². The van der Waals surface area contributed by atoms with Crippen molar-refractivity contribution in [2.45, 2.75) is 23.1 Å². The Morgan fingerprint density at radius 3 is 2.62 bits per heavy atom. The lowest BCUT2D eigenvalue weighted by Crippen LogP contribution is -2.20. The molecule has 0 bridgehead atoms. The highest BCUT2D eigenvalue weighted by molar-refractivity contribution is 9.10. The van der Waals surface area contributed by atoms with E-state index >= 15 is 0 Å². The topological polar surface area (TPSA) is 12.0 Å². The molecule has 21 heavy (non-hydrogen) atoms. The van der Waals surface area contributed by atoms with Crippen molar-refractivity contribution in [3.63, 3.8) is 0 Å². The van der Waals surface area contributed by atoms with Crippen molar-refractivity contribution in [2.24, 2.45) is 0 Å². The van der Waals surface area contributed by atoms with Crippen LogP contribution >= 0.6 is 27.7 Å². The first kappa shape index (κ1) is 14.9. The first-order valence-corrected chi connectivity index (χ1v) is 8.77. The summed E-state index contributed by atoms with van der Waals surface area (Å²) in [4.78, 5) is 2.62. The molecular formula is C18H18BrNS. The Hall–Kier alpha value is -1.03. The second kappa shape index (κ2) is 6.82. The predicted molar refractivity (Wildman–Crippen MR) is 94.9 cm³/mol. The number of aryl methyl sites for hydroxylation is 1. The summed E-state index contributed by atoms with van der Waals surface area (Å²) in [6.45, 7) is 4.22. The van der Waals surface area contributed by atoms with Crippen LogP contribution in [0.2, 0.25) is 0 Å². The second-order valence-corrected chi connectivity index (χ2v) is 7.27. The maximum Gasteiger partial charge on any atom is 0.0197 e. The number of hydrogen-bond acceptors (Lipinski definition) is 2. The Bertz CT molecular complexity index is 661. The summed E-state index contributed by atoms with van der Waals surface area (Å²) in [7, 11) is 0. The molecule has 1 nitrogen and oxygen atoms in total. The van der Waals surface area contributed by atoms with E-state index in [0.717, 1.165) is 24.0 Å². The maximum atomic E-state index is 3.49. The van der Waals surface area contributed by atoms with Gasteiger partial charge < -0.3 is 5.32 Å². The Kier molecular flexibility index (Phi) is 4.84. The summed E-state index contributed by atoms with van der Waals surface area (Å²) in [6, 6.07) is 15.3. The van der Waals surface area contributed by atoms with Gasteiger partial charge in [-0.2, -0.15) is 0 Å². The lowest BCUT2D eigenvalue weighted by molar-refractivity contribution is 0.737. The van der Waals surface area contributed by atoms with Gasteiger partial charge in [0.1, 0.15) is 0 Å². The molecule has 0 saturated heterocycles. The highest BCUT2D eigenvalue weighted by Gasteiger charge is 2.11. The molecule has 0 unspecified atom stereocenters. The van der Waals surface area contributed by atoms with Gasteiger partial charge in [0.05, 0.1) is 0 Å². The van der Waals surface area contributed by atoms with Gasteiger partial charge in [0.2, 0.25) is 0 Å². The first-order valence-electron chi connectivity index (χ1n) is 7.16. The molecule has 108 valence electrons. The third-order valence-electron chi connectivity index (χ3n) is 3.59. The molecule has 3 heteroatoms. The summed E-state index contributed by atoms with van der Waals surface area (Å²) >= 11 is 5.34. The van der Waals surface area contributed by atoms with Crippen LogP contribution in [0.3, 0.4) is 0 Å². The summed E-state index contributed by atoms with van der Waals surface area (Å²) in [6.07, 6.45) is 3.43. The van der Waals surface area contributed by atoms with E-state index < -0.39 is 0 Å². The number of rotatable bonds is 3. The van der Waals surface area contributed by atoms with Crippen LogP contribution in [0.1, 0.15) is 17.5 Å². The van der Waals surface area contributed by atoms with Crippen molar-refractivity contribution in [2.75, 3.05) is 13.1 Å². The van der Waals surface area contributed by atoms with Crippen molar-refractivity contribution in [3.05, 3.63) is 64.1 Å². The van der Waals surface area contributed by atoms with Crippen LogP contribution in [0.15, 0.2) is 62.8 Å². The fraction of sp³-hybridized carbons (Fsp3) is 0.222. The van der Waals surface area contributed by atoms with Gasteiger partial charge in [0, 0.05) is 20.8 Å². The molecular weight excluding hydrogens is 342 g/mol. The largest absolute Gasteiger partial charge is 0.313 e. The summed E-state index contributed by atoms with van der Waals surface area (Å²) in [5.41, 5.74) is 4.19. The molecule has 0 spiro atoms. The van der Waals surface area contributed by atoms with Crippen LogP contribution in [0.25, 0.3) is 5.57 Å². The quantitative estimate of drug-likeness (QED) is 0.799. The van der Waals surface area contributed by atoms with Crippen LogP contribution < -0.4 is 5.32 Å². The van der Waals surface area contributed by atoms with Gasteiger partial charge in [-0.1, -0.05) is 51.5 Å². The van der Waals surface area contributed by atoms with Crippen molar-refractivity contribution in [3.8, 4) is 0 Å². The molecule has 2 aromatic carbocycles. The van der Waals surface area contributed by atoms with Crippen LogP contribution in [0.5, 0.6) is 0 Å². The average molecular weight is 360 g/mol. The highest BCUT2D eigenvalue weighted by Crippen LogP contribution is 2.36. The van der Waals surface area contributed by atoms with E-state index in [2.05, 4.69) is 76.7 Å². The molecule has 1 N–H and O–H groups in total. The lowest BCUT2D eigenvalue weighted by atomic mass is 9.99. The molecule has 2 aromatic rings. The Labute approximate surface area is 139 Å². The minimum atomic E-state index is 0.978. The van der Waals surface area contributed by atoms with Gasteiger partial charge in [-0.3, -0.25) is 0 Å². The zero-order valence-electron chi connectivity index (χ0n) is 12.0. The van der Waals surface area contributed by atoms with E-state index in [9.17, 15) is 0 Å². The number of halogens is 1. The number of nitrogens with one attached hydrogen (secondary N) is 1. The molecule has 1 aliphatic heterocycles. The number of benzene rings is 2. The highest BCUT2D eigenvalue weighted by atomic mass is 79.9. The van der Waals surface area contributed by atoms with Gasteiger partial charge in [0.15, 0.2) is 0 Å². The third-order valence-corrected chi connectivity index (χ3v) is 5.20. The summed E-state index contributed by atoms with van der Waals surface area (Å²) in [5.74, 6) is 0. The van der Waals surface area contributed by atoms with Crippen molar-refractivity contribution < 1.29 is 0 Å². The zero-order valence-corrected chi connectivity index (χ0v) is 14.4. The van der Waals surface area contributed by atoms with Crippen molar-refractivity contribution in [1.82, 2.24) is 5.32 Å². The third kappa shape index (κ3) is 3.79. The smallest absolute Gasteiger partial charge is 0.0197 e. The first-order chi connectivity index (χ1) is 10.2. The normalized spacial score (nSPS) is 14.9. The maximum absolute atomic E-state index is 3.49. The summed E-state index contributed by atoms with van der Waals surface area (Å²) in [5, 5.41) is 3.39. The Morgan fingerprint density at radius 2 is 1.90 bits per heavy atom. The van der Waals surface area contributed by atoms with E-state index in [1.54, 1.807) is 0 Å². The predicted octanol–water partition coefficient (Wildman–Crippen LogP) is 5.29. The van der Waals surface area contributed by atoms with Gasteiger partial charge in [-0.25, -0.2) is 0 Å². The molecule has 0 amide bonds.